The zero-order valence-corrected chi connectivity index (χ0v) is 10.2. The maximum atomic E-state index is 12.2. The van der Waals surface area contributed by atoms with Gasteiger partial charge >= 0.3 is 0 Å². The Kier molecular flexibility index (Phi) is 2.33. The van der Waals surface area contributed by atoms with Crippen LogP contribution in [0.15, 0.2) is 16.9 Å². The third kappa shape index (κ3) is 1.56. The Balaban J connectivity index is 1.81. The van der Waals surface area contributed by atoms with E-state index in [1.54, 1.807) is 18.1 Å². The van der Waals surface area contributed by atoms with Crippen molar-refractivity contribution in [1.29, 1.82) is 0 Å². The number of carbonyl (C=O) groups is 2. The zero-order chi connectivity index (χ0) is 12.8. The van der Waals surface area contributed by atoms with Gasteiger partial charge in [0.05, 0.1) is 5.69 Å². The third-order valence-electron chi connectivity index (χ3n) is 3.78. The van der Waals surface area contributed by atoms with E-state index in [0.29, 0.717) is 31.6 Å². The lowest BCUT2D eigenvalue weighted by molar-refractivity contribution is -0.132. The van der Waals surface area contributed by atoms with Gasteiger partial charge in [0.25, 0.3) is 0 Å². The Bertz CT molecular complexity index is 500. The molecular formula is C12H15N3O3. The second kappa shape index (κ2) is 3.76. The molecule has 2 aliphatic rings. The van der Waals surface area contributed by atoms with Gasteiger partial charge in [-0.3, -0.25) is 9.59 Å². The van der Waals surface area contributed by atoms with Crippen molar-refractivity contribution in [2.45, 2.75) is 25.3 Å². The van der Waals surface area contributed by atoms with Gasteiger partial charge in [0.1, 0.15) is 23.8 Å². The number of fused-ring (bicyclic) bond motifs is 1. The smallest absolute Gasteiger partial charge is 0.250 e. The standard InChI is InChI=1S/C12H15N3O3/c1-8(16)15-4-2-12(3-5-15)11(17)13-9-6-18-7-10(9)14-12/h6-7,14H,2-5H2,1H3,(H,13,17). The summed E-state index contributed by atoms with van der Waals surface area (Å²) in [6.45, 7) is 2.76. The molecule has 1 fully saturated rings. The minimum atomic E-state index is -0.608. The minimum absolute atomic E-state index is 0.0420. The first-order valence-corrected chi connectivity index (χ1v) is 6.02. The number of hydrogen-bond acceptors (Lipinski definition) is 4. The highest BCUT2D eigenvalue weighted by Gasteiger charge is 2.45. The molecule has 3 rings (SSSR count). The minimum Gasteiger partial charge on any atom is -0.468 e. The average Bonchev–Trinajstić information content (AvgIpc) is 2.77. The third-order valence-corrected chi connectivity index (χ3v) is 3.78. The maximum absolute atomic E-state index is 12.2. The predicted molar refractivity (Wildman–Crippen MR) is 65.2 cm³/mol. The van der Waals surface area contributed by atoms with E-state index in [0.717, 1.165) is 5.69 Å². The predicted octanol–water partition coefficient (Wildman–Crippen LogP) is 1.02. The van der Waals surface area contributed by atoms with Crippen LogP contribution >= 0.6 is 0 Å². The largest absolute Gasteiger partial charge is 0.468 e. The summed E-state index contributed by atoms with van der Waals surface area (Å²) < 4.78 is 5.07. The van der Waals surface area contributed by atoms with E-state index in [2.05, 4.69) is 10.6 Å². The molecule has 0 unspecified atom stereocenters. The van der Waals surface area contributed by atoms with Crippen molar-refractivity contribution in [2.75, 3.05) is 23.7 Å². The van der Waals surface area contributed by atoms with Crippen LogP contribution < -0.4 is 10.6 Å². The quantitative estimate of drug-likeness (QED) is 0.720. The lowest BCUT2D eigenvalue weighted by atomic mass is 9.85. The first-order valence-electron chi connectivity index (χ1n) is 6.02. The van der Waals surface area contributed by atoms with Gasteiger partial charge in [-0.05, 0) is 12.8 Å². The van der Waals surface area contributed by atoms with Crippen molar-refractivity contribution in [3.63, 3.8) is 0 Å². The molecule has 6 heteroatoms. The lowest BCUT2D eigenvalue weighted by Crippen LogP contribution is -2.58. The number of rotatable bonds is 0. The van der Waals surface area contributed by atoms with E-state index in [-0.39, 0.29) is 11.8 Å². The van der Waals surface area contributed by atoms with Crippen LogP contribution in [-0.4, -0.2) is 35.3 Å². The van der Waals surface area contributed by atoms with Crippen LogP contribution in [0.3, 0.4) is 0 Å². The molecule has 18 heavy (non-hydrogen) atoms. The molecular weight excluding hydrogens is 234 g/mol. The first-order chi connectivity index (χ1) is 8.61. The van der Waals surface area contributed by atoms with Gasteiger partial charge in [-0.25, -0.2) is 0 Å². The van der Waals surface area contributed by atoms with Gasteiger partial charge in [0, 0.05) is 20.0 Å². The van der Waals surface area contributed by atoms with Gasteiger partial charge in [0.15, 0.2) is 0 Å². The molecule has 0 bridgehead atoms. The van der Waals surface area contributed by atoms with E-state index in [1.807, 2.05) is 0 Å². The van der Waals surface area contributed by atoms with E-state index >= 15 is 0 Å². The van der Waals surface area contributed by atoms with Crippen molar-refractivity contribution >= 4 is 23.2 Å². The van der Waals surface area contributed by atoms with Gasteiger partial charge in [0.2, 0.25) is 11.8 Å². The number of carbonyl (C=O) groups excluding carboxylic acids is 2. The molecule has 0 radical (unpaired) electrons. The van der Waals surface area contributed by atoms with Crippen LogP contribution in [0.1, 0.15) is 19.8 Å². The summed E-state index contributed by atoms with van der Waals surface area (Å²) in [4.78, 5) is 25.3. The molecule has 0 aliphatic carbocycles. The van der Waals surface area contributed by atoms with E-state index in [9.17, 15) is 9.59 Å². The Morgan fingerprint density at radius 3 is 2.67 bits per heavy atom. The molecule has 1 aromatic heterocycles. The zero-order valence-electron chi connectivity index (χ0n) is 10.2. The average molecular weight is 249 g/mol. The van der Waals surface area contributed by atoms with Gasteiger partial charge in [-0.1, -0.05) is 0 Å². The topological polar surface area (TPSA) is 74.6 Å². The molecule has 1 aromatic rings. The molecule has 1 spiro atoms. The van der Waals surface area contributed by atoms with Gasteiger partial charge < -0.3 is 20.0 Å². The van der Waals surface area contributed by atoms with Gasteiger partial charge in [-0.2, -0.15) is 0 Å². The summed E-state index contributed by atoms with van der Waals surface area (Å²) >= 11 is 0. The van der Waals surface area contributed by atoms with Crippen LogP contribution in [0.25, 0.3) is 0 Å². The summed E-state index contributed by atoms with van der Waals surface area (Å²) in [6.07, 6.45) is 4.33. The van der Waals surface area contributed by atoms with Gasteiger partial charge in [-0.15, -0.1) is 0 Å². The number of piperidine rings is 1. The summed E-state index contributed by atoms with van der Waals surface area (Å²) in [5.41, 5.74) is 0.883. The highest BCUT2D eigenvalue weighted by atomic mass is 16.3. The molecule has 2 N–H and O–H groups in total. The van der Waals surface area contributed by atoms with Crippen LogP contribution in [0.5, 0.6) is 0 Å². The molecule has 2 amide bonds. The first kappa shape index (κ1) is 11.1. The molecule has 0 atom stereocenters. The second-order valence-electron chi connectivity index (χ2n) is 4.87. The number of hydrogen-bond donors (Lipinski definition) is 2. The molecule has 2 aliphatic heterocycles. The van der Waals surface area contributed by atoms with E-state index in [4.69, 9.17) is 4.42 Å². The number of nitrogens with zero attached hydrogens (tertiary/aromatic N) is 1. The number of furan rings is 1. The van der Waals surface area contributed by atoms with Crippen LogP contribution in [-0.2, 0) is 9.59 Å². The highest BCUT2D eigenvalue weighted by Crippen LogP contribution is 2.36. The Morgan fingerprint density at radius 2 is 2.00 bits per heavy atom. The lowest BCUT2D eigenvalue weighted by Gasteiger charge is -2.43. The number of anilines is 2. The number of nitrogens with one attached hydrogen (secondary N) is 2. The van der Waals surface area contributed by atoms with Crippen molar-refractivity contribution in [3.05, 3.63) is 12.5 Å². The Hall–Kier alpha value is -1.98. The summed E-state index contributed by atoms with van der Waals surface area (Å²) in [5.74, 6) is 0.0182. The van der Waals surface area contributed by atoms with Crippen LogP contribution in [0, 0.1) is 0 Å². The molecule has 0 aromatic carbocycles. The molecule has 0 saturated carbocycles. The Labute approximate surface area is 104 Å². The summed E-state index contributed by atoms with van der Waals surface area (Å²) in [7, 11) is 0. The van der Waals surface area contributed by atoms with Crippen LogP contribution in [0.4, 0.5) is 11.4 Å². The maximum Gasteiger partial charge on any atom is 0.250 e. The summed E-state index contributed by atoms with van der Waals surface area (Å²) in [6, 6.07) is 0. The monoisotopic (exact) mass is 249 g/mol. The van der Waals surface area contributed by atoms with Crippen molar-refractivity contribution in [1.82, 2.24) is 4.90 Å². The fourth-order valence-corrected chi connectivity index (χ4v) is 2.60. The van der Waals surface area contributed by atoms with Crippen LogP contribution in [0.2, 0.25) is 0 Å². The van der Waals surface area contributed by atoms with Crippen molar-refractivity contribution < 1.29 is 14.0 Å². The van der Waals surface area contributed by atoms with Crippen molar-refractivity contribution in [2.24, 2.45) is 0 Å². The Morgan fingerprint density at radius 1 is 1.33 bits per heavy atom. The fraction of sp³-hybridized carbons (Fsp3) is 0.500. The molecule has 96 valence electrons. The normalized spacial score (nSPS) is 21.2. The number of amides is 2. The molecule has 1 saturated heterocycles. The molecule has 6 nitrogen and oxygen atoms in total. The second-order valence-corrected chi connectivity index (χ2v) is 4.87. The SMILES string of the molecule is CC(=O)N1CCC2(CC1)Nc1cocc1NC2=O. The van der Waals surface area contributed by atoms with E-state index < -0.39 is 5.54 Å². The number of likely N-dealkylation sites (tertiary alicyclic amines) is 1. The summed E-state index contributed by atoms with van der Waals surface area (Å²) in [5, 5.41) is 6.10. The van der Waals surface area contributed by atoms with Crippen molar-refractivity contribution in [3.8, 4) is 0 Å². The highest BCUT2D eigenvalue weighted by molar-refractivity contribution is 6.06. The molecule has 3 heterocycles. The fourth-order valence-electron chi connectivity index (χ4n) is 2.60. The van der Waals surface area contributed by atoms with E-state index in [1.165, 1.54) is 6.26 Å².